The molecule has 1 saturated carbocycles. The molecule has 4 rings (SSSR count). The molecule has 1 N–H and O–H groups in total. The Labute approximate surface area is 522 Å². The van der Waals surface area contributed by atoms with Crippen LogP contribution in [-0.4, -0.2) is 134 Å². The summed E-state index contributed by atoms with van der Waals surface area (Å²) in [6.07, 6.45) is 6.69. The van der Waals surface area contributed by atoms with Crippen molar-refractivity contribution in [2.75, 3.05) is 20.8 Å². The van der Waals surface area contributed by atoms with Crippen molar-refractivity contribution in [2.45, 2.75) is 341 Å². The van der Waals surface area contributed by atoms with Gasteiger partial charge in [0.15, 0.2) is 0 Å². The second kappa shape index (κ2) is 31.9. The van der Waals surface area contributed by atoms with Crippen molar-refractivity contribution in [3.63, 3.8) is 0 Å². The van der Waals surface area contributed by atoms with Crippen LogP contribution in [0.25, 0.3) is 0 Å². The number of nitrogens with zero attached hydrogens (tertiary/aromatic N) is 1. The molecule has 14 unspecified atom stereocenters. The van der Waals surface area contributed by atoms with Crippen LogP contribution < -0.4 is 0 Å². The molecular formula is C69H127NO12Si3. The van der Waals surface area contributed by atoms with Crippen molar-refractivity contribution >= 4 is 48.4 Å². The molecule has 492 valence electrons. The van der Waals surface area contributed by atoms with Crippen molar-refractivity contribution in [1.29, 1.82) is 0 Å². The number of cyclic esters (lactones) is 1. The zero-order valence-electron chi connectivity index (χ0n) is 58.7. The Morgan fingerprint density at radius 1 is 0.647 bits per heavy atom. The summed E-state index contributed by atoms with van der Waals surface area (Å²) in [6.45, 7) is 54.1. The Morgan fingerprint density at radius 3 is 1.59 bits per heavy atom. The van der Waals surface area contributed by atoms with Crippen molar-refractivity contribution in [3.05, 3.63) is 23.3 Å². The van der Waals surface area contributed by atoms with E-state index < -0.39 is 96.8 Å². The van der Waals surface area contributed by atoms with Crippen LogP contribution >= 0.6 is 0 Å². The lowest BCUT2D eigenvalue weighted by molar-refractivity contribution is -0.302. The third kappa shape index (κ3) is 16.6. The zero-order valence-corrected chi connectivity index (χ0v) is 61.7. The number of aliphatic hydroxyl groups is 1. The van der Waals surface area contributed by atoms with Gasteiger partial charge in [0, 0.05) is 44.9 Å². The summed E-state index contributed by atoms with van der Waals surface area (Å²) in [7, 11) is -4.32. The molecule has 13 nitrogen and oxygen atoms in total. The number of rotatable bonds is 20. The minimum atomic E-state index is -2.71. The van der Waals surface area contributed by atoms with Gasteiger partial charge in [-0.2, -0.15) is 0 Å². The van der Waals surface area contributed by atoms with Gasteiger partial charge in [0.05, 0.1) is 30.5 Å². The number of ketones is 2. The van der Waals surface area contributed by atoms with Crippen LogP contribution in [0.3, 0.4) is 0 Å². The number of Topliss-reactive ketones (excluding diaryl/α,β-unsaturated/α-hetero) is 2. The van der Waals surface area contributed by atoms with Gasteiger partial charge < -0.3 is 42.2 Å². The van der Waals surface area contributed by atoms with Crippen LogP contribution in [0.4, 0.5) is 0 Å². The molecule has 0 aromatic carbocycles. The molecule has 0 aromatic heterocycles. The van der Waals surface area contributed by atoms with Gasteiger partial charge in [0.1, 0.15) is 24.0 Å². The number of allylic oxidation sites excluding steroid dienone is 3. The molecule has 16 heteroatoms. The maximum Gasteiger partial charge on any atom is 0.329 e. The van der Waals surface area contributed by atoms with Crippen LogP contribution in [-0.2, 0) is 51.4 Å². The van der Waals surface area contributed by atoms with Crippen LogP contribution in [0.1, 0.15) is 237 Å². The first kappa shape index (κ1) is 75.6. The molecule has 3 heterocycles. The molecule has 4 aliphatic rings. The second-order valence-electron chi connectivity index (χ2n) is 30.2. The van der Waals surface area contributed by atoms with E-state index in [2.05, 4.69) is 171 Å². The van der Waals surface area contributed by atoms with Gasteiger partial charge in [-0.3, -0.25) is 14.4 Å². The Kier molecular flexibility index (Phi) is 28.4. The number of esters is 1. The first-order chi connectivity index (χ1) is 39.5. The predicted molar refractivity (Wildman–Crippen MR) is 353 cm³/mol. The standard InChI is InChI=1S/C69H127NO12Si3/c1-27-56-35-50(20)34-51(21)36-62(76-25)65-63(77-26)38-53(23)69(75,79-65)66(72)67(73)70-33-29-28-30-57(70)68(74)78-64(54(24)60(40-58(56)71)81-84(44(8)9,45(10)11)46(12)13)52(22)37-55-31-32-59(80-83(41(2)3,42(4)5)43(6)7)61(39-55)82-85(47(14)15,48(16)17)49(18)19/h35,37,41-49,51,53-57,59-65,75H,27-34,36,38-40H2,1-26H3. The van der Waals surface area contributed by atoms with Crippen LogP contribution in [0.2, 0.25) is 49.9 Å². The lowest BCUT2D eigenvalue weighted by Crippen LogP contribution is -2.64. The Bertz CT molecular complexity index is 2160. The average Bonchev–Trinajstić information content (AvgIpc) is 3.25. The van der Waals surface area contributed by atoms with Gasteiger partial charge in [0.25, 0.3) is 11.7 Å². The first-order valence-corrected chi connectivity index (χ1v) is 40.3. The molecule has 1 amide bonds. The number of amides is 1. The van der Waals surface area contributed by atoms with E-state index in [1.165, 1.54) is 4.90 Å². The Balaban J connectivity index is 2.03. The highest BCUT2D eigenvalue weighted by Gasteiger charge is 2.58. The molecule has 1 aliphatic carbocycles. The van der Waals surface area contributed by atoms with E-state index in [0.717, 1.165) is 30.4 Å². The molecular weight excluding hydrogens is 1120 g/mol. The quantitative estimate of drug-likeness (QED) is 0.0533. The van der Waals surface area contributed by atoms with E-state index in [9.17, 15) is 14.7 Å². The molecule has 3 fully saturated rings. The first-order valence-electron chi connectivity index (χ1n) is 33.9. The van der Waals surface area contributed by atoms with E-state index in [0.29, 0.717) is 65.4 Å². The number of fused-ring (bicyclic) bond motifs is 3. The van der Waals surface area contributed by atoms with E-state index in [-0.39, 0.29) is 78.2 Å². The lowest BCUT2D eigenvalue weighted by Gasteiger charge is -2.51. The summed E-state index contributed by atoms with van der Waals surface area (Å²) < 4.78 is 49.1. The van der Waals surface area contributed by atoms with Crippen LogP contribution in [0, 0.1) is 29.6 Å². The summed E-state index contributed by atoms with van der Waals surface area (Å²) in [5, 5.41) is 12.5. The topological polar surface area (TPSA) is 156 Å². The summed E-state index contributed by atoms with van der Waals surface area (Å²) in [5.74, 6) is -6.79. The van der Waals surface area contributed by atoms with Crippen LogP contribution in [0.15, 0.2) is 23.3 Å². The molecule has 2 saturated heterocycles. The number of piperidine rings is 1. The van der Waals surface area contributed by atoms with E-state index >= 15 is 9.59 Å². The van der Waals surface area contributed by atoms with Gasteiger partial charge in [0.2, 0.25) is 30.7 Å². The third-order valence-electron chi connectivity index (χ3n) is 21.7. The number of hydrogen-bond donors (Lipinski definition) is 1. The number of methoxy groups -OCH3 is 2. The molecule has 0 aromatic rings. The predicted octanol–water partition coefficient (Wildman–Crippen LogP) is 16.4. The minimum absolute atomic E-state index is 0.0395. The number of carbonyl (C=O) groups excluding carboxylic acids is 4. The Hall–Kier alpha value is -1.87. The van der Waals surface area contributed by atoms with Gasteiger partial charge in [-0.1, -0.05) is 170 Å². The van der Waals surface area contributed by atoms with Gasteiger partial charge in [-0.25, -0.2) is 4.79 Å². The fraction of sp³-hybridized carbons (Fsp3) is 0.884. The monoisotopic (exact) mass is 1250 g/mol. The second-order valence-corrected chi connectivity index (χ2v) is 46.4. The summed E-state index contributed by atoms with van der Waals surface area (Å²) in [4.78, 5) is 62.1. The molecule has 0 spiro atoms. The SMILES string of the molecule is CCC1C=C(C)CC(C)CC(OC)C2OC(O)(C(=O)C(=O)N3CCCCC3C(=O)OC(C(C)=CC3CCC(O[Si](C(C)C)(C(C)C)C(C)C)C(O[Si](C(C)C)(C(C)C)C(C)C)C3)C(C)C(O[Si](C(C)C)(C(C)C)C(C)C)CC1=O)C(C)CC2OC. The van der Waals surface area contributed by atoms with Crippen molar-refractivity contribution in [1.82, 2.24) is 4.90 Å². The summed E-state index contributed by atoms with van der Waals surface area (Å²) in [6, 6.07) is -1.12. The maximum absolute atomic E-state index is 15.6. The largest absolute Gasteiger partial charge is 0.456 e. The van der Waals surface area contributed by atoms with Gasteiger partial charge >= 0.3 is 5.97 Å². The van der Waals surface area contributed by atoms with Crippen molar-refractivity contribution in [3.8, 4) is 0 Å². The molecule has 3 aliphatic heterocycles. The normalized spacial score (nSPS) is 32.1. The highest BCUT2D eigenvalue weighted by atomic mass is 28.4. The van der Waals surface area contributed by atoms with Crippen LogP contribution in [0.5, 0.6) is 0 Å². The van der Waals surface area contributed by atoms with Crippen molar-refractivity contribution < 1.29 is 56.5 Å². The third-order valence-corrected chi connectivity index (χ3v) is 40.1. The lowest BCUT2D eigenvalue weighted by atomic mass is 9.81. The average molecular weight is 1250 g/mol. The number of carbonyl (C=O) groups is 4. The molecule has 85 heavy (non-hydrogen) atoms. The molecule has 2 bridgehead atoms. The van der Waals surface area contributed by atoms with E-state index in [1.54, 1.807) is 21.1 Å². The van der Waals surface area contributed by atoms with E-state index in [1.807, 2.05) is 0 Å². The van der Waals surface area contributed by atoms with E-state index in [4.69, 9.17) is 32.2 Å². The summed E-state index contributed by atoms with van der Waals surface area (Å²) >= 11 is 0. The highest BCUT2D eigenvalue weighted by Crippen LogP contribution is 2.50. The molecule has 0 radical (unpaired) electrons. The number of ether oxygens (including phenoxy) is 4. The number of hydrogen-bond acceptors (Lipinski definition) is 12. The maximum atomic E-state index is 15.6. The van der Waals surface area contributed by atoms with Crippen molar-refractivity contribution in [2.24, 2.45) is 29.6 Å². The summed E-state index contributed by atoms with van der Waals surface area (Å²) in [5.41, 5.74) is 4.88. The fourth-order valence-electron chi connectivity index (χ4n) is 17.5. The zero-order chi connectivity index (χ0) is 64.6. The highest BCUT2D eigenvalue weighted by molar-refractivity contribution is 6.78. The minimum Gasteiger partial charge on any atom is -0.456 e. The fourth-order valence-corrected chi connectivity index (χ4v) is 34.4. The smallest absolute Gasteiger partial charge is 0.329 e. The molecule has 14 atom stereocenters. The van der Waals surface area contributed by atoms with Gasteiger partial charge in [-0.15, -0.1) is 0 Å². The Morgan fingerprint density at radius 2 is 1.12 bits per heavy atom. The van der Waals surface area contributed by atoms with Gasteiger partial charge in [-0.05, 0) is 145 Å².